The maximum Gasteiger partial charge on any atom is 0.356 e. The molecule has 0 aliphatic heterocycles. The molecule has 0 unspecified atom stereocenters. The maximum absolute atomic E-state index is 11.0. The quantitative estimate of drug-likeness (QED) is 0.916. The maximum atomic E-state index is 11.0. The molecule has 0 fully saturated rings. The number of carboxylic acids is 1. The molecule has 19 heavy (non-hydrogen) atoms. The Morgan fingerprint density at radius 3 is 2.74 bits per heavy atom. The normalized spacial score (nSPS) is 10.7. The Kier molecular flexibility index (Phi) is 3.55. The molecule has 1 aromatic carbocycles. The van der Waals surface area contributed by atoms with Crippen LogP contribution in [0.2, 0.25) is 0 Å². The monoisotopic (exact) mass is 260 g/mol. The third-order valence-electron chi connectivity index (χ3n) is 2.67. The number of imidazole rings is 1. The molecule has 0 aliphatic carbocycles. The molecule has 5 heteroatoms. The van der Waals surface area contributed by atoms with Gasteiger partial charge in [0, 0.05) is 12.2 Å². The molecule has 2 rings (SSSR count). The summed E-state index contributed by atoms with van der Waals surface area (Å²) in [7, 11) is 0. The predicted octanol–water partition coefficient (Wildman–Crippen LogP) is 3.26. The molecule has 2 aromatic rings. The first-order chi connectivity index (χ1) is 8.97. The Hall–Kier alpha value is -2.30. The van der Waals surface area contributed by atoms with Crippen LogP contribution in [0.3, 0.4) is 0 Å². The first-order valence-electron chi connectivity index (χ1n) is 6.04. The van der Waals surface area contributed by atoms with Crippen molar-refractivity contribution in [3.63, 3.8) is 0 Å². The van der Waals surface area contributed by atoms with E-state index in [0.29, 0.717) is 5.75 Å². The number of hydrogen-bond donors (Lipinski definition) is 1. The fraction of sp³-hybridized carbons (Fsp3) is 0.286. The molecule has 0 amide bonds. The van der Waals surface area contributed by atoms with Gasteiger partial charge >= 0.3 is 12.0 Å². The second-order valence-electron chi connectivity index (χ2n) is 4.63. The number of carbonyl (C=O) groups is 1. The minimum Gasteiger partial charge on any atom is -0.476 e. The van der Waals surface area contributed by atoms with E-state index in [9.17, 15) is 4.79 Å². The minimum absolute atomic E-state index is 0.0173. The lowest BCUT2D eigenvalue weighted by Crippen LogP contribution is -2.02. The zero-order valence-corrected chi connectivity index (χ0v) is 11.1. The number of hydrogen-bond acceptors (Lipinski definition) is 3. The first kappa shape index (κ1) is 13.1. The van der Waals surface area contributed by atoms with Gasteiger partial charge in [-0.2, -0.15) is 4.98 Å². The highest BCUT2D eigenvalue weighted by Crippen LogP contribution is 2.24. The zero-order valence-electron chi connectivity index (χ0n) is 11.1. The number of aryl methyl sites for hydroxylation is 1. The zero-order chi connectivity index (χ0) is 14.0. The van der Waals surface area contributed by atoms with Gasteiger partial charge in [0.2, 0.25) is 0 Å². The minimum atomic E-state index is -1.06. The predicted molar refractivity (Wildman–Crippen MR) is 70.8 cm³/mol. The van der Waals surface area contributed by atoms with Crippen LogP contribution in [-0.2, 0) is 0 Å². The summed E-state index contributed by atoms with van der Waals surface area (Å²) in [5.74, 6) is -0.419. The summed E-state index contributed by atoms with van der Waals surface area (Å²) in [5, 5.41) is 8.98. The second kappa shape index (κ2) is 5.14. The van der Waals surface area contributed by atoms with Crippen molar-refractivity contribution >= 4 is 5.97 Å². The lowest BCUT2D eigenvalue weighted by atomic mass is 10.2. The topological polar surface area (TPSA) is 64.3 Å². The lowest BCUT2D eigenvalue weighted by molar-refractivity contribution is 0.0690. The van der Waals surface area contributed by atoms with E-state index in [-0.39, 0.29) is 17.7 Å². The van der Waals surface area contributed by atoms with E-state index >= 15 is 0 Å². The van der Waals surface area contributed by atoms with Crippen LogP contribution in [0.5, 0.6) is 11.8 Å². The van der Waals surface area contributed by atoms with Crippen LogP contribution in [0.1, 0.15) is 35.9 Å². The fourth-order valence-electron chi connectivity index (χ4n) is 1.71. The van der Waals surface area contributed by atoms with Crippen molar-refractivity contribution in [3.8, 4) is 11.8 Å². The molecule has 0 saturated carbocycles. The molecule has 1 heterocycles. The number of rotatable bonds is 4. The second-order valence-corrected chi connectivity index (χ2v) is 4.63. The summed E-state index contributed by atoms with van der Waals surface area (Å²) in [5.41, 5.74) is 1.05. The van der Waals surface area contributed by atoms with Crippen LogP contribution in [0.25, 0.3) is 0 Å². The van der Waals surface area contributed by atoms with Crippen LogP contribution in [0.4, 0.5) is 0 Å². The Bertz CT molecular complexity index is 602. The molecule has 0 saturated heterocycles. The van der Waals surface area contributed by atoms with E-state index in [2.05, 4.69) is 4.98 Å². The van der Waals surface area contributed by atoms with Crippen LogP contribution >= 0.6 is 0 Å². The molecular formula is C14H16N2O3. The standard InChI is InChI=1S/C14H16N2O3/c1-9(2)16-8-12(13(17)18)15-14(16)19-11-6-4-5-10(3)7-11/h4-9H,1-3H3,(H,17,18). The van der Waals surface area contributed by atoms with E-state index in [1.54, 1.807) is 4.57 Å². The highest BCUT2D eigenvalue weighted by Gasteiger charge is 2.16. The van der Waals surface area contributed by atoms with Gasteiger partial charge in [0.1, 0.15) is 5.75 Å². The largest absolute Gasteiger partial charge is 0.476 e. The highest BCUT2D eigenvalue weighted by atomic mass is 16.5. The van der Waals surface area contributed by atoms with Gasteiger partial charge in [0.25, 0.3) is 0 Å². The Morgan fingerprint density at radius 1 is 1.42 bits per heavy atom. The summed E-state index contributed by atoms with van der Waals surface area (Å²) < 4.78 is 7.37. The summed E-state index contributed by atoms with van der Waals surface area (Å²) >= 11 is 0. The molecule has 0 bridgehead atoms. The Balaban J connectivity index is 2.35. The van der Waals surface area contributed by atoms with E-state index in [4.69, 9.17) is 9.84 Å². The van der Waals surface area contributed by atoms with Crippen LogP contribution < -0.4 is 4.74 Å². The average Bonchev–Trinajstić information content (AvgIpc) is 2.73. The number of ether oxygens (including phenoxy) is 1. The average molecular weight is 260 g/mol. The molecule has 0 spiro atoms. The Labute approximate surface area is 111 Å². The van der Waals surface area contributed by atoms with Gasteiger partial charge in [-0.1, -0.05) is 12.1 Å². The van der Waals surface area contributed by atoms with Crippen molar-refractivity contribution in [2.24, 2.45) is 0 Å². The van der Waals surface area contributed by atoms with Gasteiger partial charge in [-0.25, -0.2) is 4.79 Å². The van der Waals surface area contributed by atoms with Crippen molar-refractivity contribution in [1.29, 1.82) is 0 Å². The van der Waals surface area contributed by atoms with Gasteiger partial charge in [-0.15, -0.1) is 0 Å². The Morgan fingerprint density at radius 2 is 2.16 bits per heavy atom. The van der Waals surface area contributed by atoms with Crippen molar-refractivity contribution < 1.29 is 14.6 Å². The van der Waals surface area contributed by atoms with E-state index in [1.807, 2.05) is 45.0 Å². The van der Waals surface area contributed by atoms with Crippen LogP contribution in [0, 0.1) is 6.92 Å². The van der Waals surface area contributed by atoms with Crippen molar-refractivity contribution in [1.82, 2.24) is 9.55 Å². The summed E-state index contributed by atoms with van der Waals surface area (Å²) in [6.07, 6.45) is 1.48. The molecule has 1 aromatic heterocycles. The fourth-order valence-corrected chi connectivity index (χ4v) is 1.71. The third kappa shape index (κ3) is 2.93. The first-order valence-corrected chi connectivity index (χ1v) is 6.04. The van der Waals surface area contributed by atoms with Crippen molar-refractivity contribution in [3.05, 3.63) is 41.7 Å². The highest BCUT2D eigenvalue weighted by molar-refractivity contribution is 5.85. The summed E-state index contributed by atoms with van der Waals surface area (Å²) in [6, 6.07) is 7.89. The van der Waals surface area contributed by atoms with Gasteiger partial charge in [-0.3, -0.25) is 4.57 Å². The molecule has 5 nitrogen and oxygen atoms in total. The van der Waals surface area contributed by atoms with Crippen molar-refractivity contribution in [2.75, 3.05) is 0 Å². The molecule has 0 atom stereocenters. The number of aromatic carboxylic acids is 1. The van der Waals surface area contributed by atoms with Gasteiger partial charge in [0.15, 0.2) is 5.69 Å². The molecule has 0 radical (unpaired) electrons. The molecule has 100 valence electrons. The van der Waals surface area contributed by atoms with E-state index in [1.165, 1.54) is 6.20 Å². The lowest BCUT2D eigenvalue weighted by Gasteiger charge is -2.11. The third-order valence-corrected chi connectivity index (χ3v) is 2.67. The van der Waals surface area contributed by atoms with E-state index < -0.39 is 5.97 Å². The van der Waals surface area contributed by atoms with Gasteiger partial charge in [0.05, 0.1) is 0 Å². The number of benzene rings is 1. The van der Waals surface area contributed by atoms with Crippen molar-refractivity contribution in [2.45, 2.75) is 26.8 Å². The smallest absolute Gasteiger partial charge is 0.356 e. The number of carboxylic acid groups (broad SMARTS) is 1. The number of nitrogens with zero attached hydrogens (tertiary/aromatic N) is 2. The summed E-state index contributed by atoms with van der Waals surface area (Å²) in [6.45, 7) is 5.84. The molecule has 0 aliphatic rings. The van der Waals surface area contributed by atoms with Crippen LogP contribution in [0.15, 0.2) is 30.5 Å². The van der Waals surface area contributed by atoms with Crippen LogP contribution in [-0.4, -0.2) is 20.6 Å². The molecular weight excluding hydrogens is 244 g/mol. The van der Waals surface area contributed by atoms with Gasteiger partial charge < -0.3 is 9.84 Å². The molecule has 1 N–H and O–H groups in total. The SMILES string of the molecule is Cc1cccc(Oc2nc(C(=O)O)cn2C(C)C)c1. The number of aromatic nitrogens is 2. The summed E-state index contributed by atoms with van der Waals surface area (Å²) in [4.78, 5) is 15.0. The van der Waals surface area contributed by atoms with E-state index in [0.717, 1.165) is 5.56 Å². The van der Waals surface area contributed by atoms with Gasteiger partial charge in [-0.05, 0) is 38.5 Å².